The standard InChI is InChI=1S/C19H37N3O3/c1-14(21-13-19(5,6)16(23)20-7)12-15-10-8-9-11-22(15)17(24)25-18(2,3)4/h14-15,21H,8-13H2,1-7H3,(H,20,23). The summed E-state index contributed by atoms with van der Waals surface area (Å²) in [5.74, 6) is 0.0280. The Labute approximate surface area is 153 Å². The molecule has 1 aliphatic rings. The van der Waals surface area contributed by atoms with Crippen LogP contribution in [0.5, 0.6) is 0 Å². The lowest BCUT2D eigenvalue weighted by Crippen LogP contribution is -2.49. The van der Waals surface area contributed by atoms with Crippen molar-refractivity contribution in [2.45, 2.75) is 84.9 Å². The van der Waals surface area contributed by atoms with Crippen LogP contribution in [0.1, 0.15) is 67.2 Å². The number of nitrogens with one attached hydrogen (secondary N) is 2. The molecule has 0 aliphatic carbocycles. The molecule has 1 heterocycles. The zero-order chi connectivity index (χ0) is 19.3. The quantitative estimate of drug-likeness (QED) is 0.768. The molecule has 1 saturated heterocycles. The van der Waals surface area contributed by atoms with E-state index in [0.717, 1.165) is 32.2 Å². The first-order valence-corrected chi connectivity index (χ1v) is 9.41. The minimum absolute atomic E-state index is 0.0280. The van der Waals surface area contributed by atoms with E-state index in [0.29, 0.717) is 6.54 Å². The number of ether oxygens (including phenoxy) is 1. The molecule has 2 N–H and O–H groups in total. The lowest BCUT2D eigenvalue weighted by Gasteiger charge is -2.38. The molecule has 0 aromatic rings. The van der Waals surface area contributed by atoms with E-state index in [-0.39, 0.29) is 24.1 Å². The summed E-state index contributed by atoms with van der Waals surface area (Å²) in [7, 11) is 1.66. The number of rotatable bonds is 6. The Kier molecular flexibility index (Phi) is 7.72. The molecular weight excluding hydrogens is 318 g/mol. The summed E-state index contributed by atoms with van der Waals surface area (Å²) < 4.78 is 5.56. The van der Waals surface area contributed by atoms with E-state index in [4.69, 9.17) is 4.74 Å². The second-order valence-corrected chi connectivity index (χ2v) is 8.80. The van der Waals surface area contributed by atoms with E-state index in [2.05, 4.69) is 17.6 Å². The second-order valence-electron chi connectivity index (χ2n) is 8.80. The fourth-order valence-corrected chi connectivity index (χ4v) is 3.15. The Bertz CT molecular complexity index is 457. The number of likely N-dealkylation sites (tertiary alicyclic amines) is 1. The lowest BCUT2D eigenvalue weighted by molar-refractivity contribution is -0.128. The van der Waals surface area contributed by atoms with Crippen LogP contribution in [-0.4, -0.2) is 54.7 Å². The van der Waals surface area contributed by atoms with E-state index in [9.17, 15) is 9.59 Å². The van der Waals surface area contributed by atoms with Gasteiger partial charge in [-0.25, -0.2) is 4.79 Å². The molecule has 0 saturated carbocycles. The van der Waals surface area contributed by atoms with Crippen LogP contribution in [0.15, 0.2) is 0 Å². The van der Waals surface area contributed by atoms with Gasteiger partial charge in [-0.1, -0.05) is 0 Å². The number of hydrogen-bond donors (Lipinski definition) is 2. The van der Waals surface area contributed by atoms with Gasteiger partial charge in [0.25, 0.3) is 0 Å². The topological polar surface area (TPSA) is 70.7 Å². The Morgan fingerprint density at radius 2 is 1.84 bits per heavy atom. The van der Waals surface area contributed by atoms with E-state index in [1.165, 1.54) is 0 Å². The van der Waals surface area contributed by atoms with E-state index < -0.39 is 11.0 Å². The van der Waals surface area contributed by atoms with E-state index in [1.54, 1.807) is 7.05 Å². The largest absolute Gasteiger partial charge is 0.444 e. The molecule has 0 bridgehead atoms. The van der Waals surface area contributed by atoms with Gasteiger partial charge in [0.15, 0.2) is 0 Å². The van der Waals surface area contributed by atoms with Crippen molar-refractivity contribution in [1.29, 1.82) is 0 Å². The first-order chi connectivity index (χ1) is 11.5. The van der Waals surface area contributed by atoms with Crippen LogP contribution in [0.2, 0.25) is 0 Å². The molecule has 146 valence electrons. The number of piperidine rings is 1. The molecule has 2 atom stereocenters. The van der Waals surface area contributed by atoms with E-state index in [1.807, 2.05) is 39.5 Å². The van der Waals surface area contributed by atoms with Crippen LogP contribution in [0.3, 0.4) is 0 Å². The molecule has 0 aromatic heterocycles. The Hall–Kier alpha value is -1.30. The second kappa shape index (κ2) is 8.88. The lowest BCUT2D eigenvalue weighted by atomic mass is 9.91. The van der Waals surface area contributed by atoms with Crippen molar-refractivity contribution in [1.82, 2.24) is 15.5 Å². The van der Waals surface area contributed by atoms with Gasteiger partial charge in [0, 0.05) is 32.2 Å². The van der Waals surface area contributed by atoms with Crippen LogP contribution in [0.4, 0.5) is 4.79 Å². The Balaban J connectivity index is 2.59. The molecule has 1 rings (SSSR count). The molecule has 1 aliphatic heterocycles. The molecule has 6 heteroatoms. The van der Waals surface area contributed by atoms with Crippen LogP contribution in [0, 0.1) is 5.41 Å². The number of hydrogen-bond acceptors (Lipinski definition) is 4. The van der Waals surface area contributed by atoms with Crippen LogP contribution < -0.4 is 10.6 Å². The third-order valence-corrected chi connectivity index (χ3v) is 4.61. The van der Waals surface area contributed by atoms with Gasteiger partial charge < -0.3 is 20.3 Å². The third-order valence-electron chi connectivity index (χ3n) is 4.61. The highest BCUT2D eigenvalue weighted by molar-refractivity contribution is 5.81. The maximum absolute atomic E-state index is 12.5. The van der Waals surface area contributed by atoms with Crippen molar-refractivity contribution in [3.8, 4) is 0 Å². The van der Waals surface area contributed by atoms with Gasteiger partial charge in [0.05, 0.1) is 5.41 Å². The van der Waals surface area contributed by atoms with Crippen LogP contribution in [-0.2, 0) is 9.53 Å². The Morgan fingerprint density at radius 3 is 2.40 bits per heavy atom. The summed E-state index contributed by atoms with van der Waals surface area (Å²) in [4.78, 5) is 26.3. The van der Waals surface area contributed by atoms with Crippen molar-refractivity contribution in [2.75, 3.05) is 20.1 Å². The minimum Gasteiger partial charge on any atom is -0.444 e. The van der Waals surface area contributed by atoms with Gasteiger partial charge in [0.2, 0.25) is 5.91 Å². The smallest absolute Gasteiger partial charge is 0.410 e. The van der Waals surface area contributed by atoms with Crippen LogP contribution in [0.25, 0.3) is 0 Å². The van der Waals surface area contributed by atoms with E-state index >= 15 is 0 Å². The molecule has 0 spiro atoms. The average Bonchev–Trinajstić information content (AvgIpc) is 2.51. The first kappa shape index (κ1) is 21.7. The predicted molar refractivity (Wildman–Crippen MR) is 101 cm³/mol. The molecule has 2 unspecified atom stereocenters. The highest BCUT2D eigenvalue weighted by Gasteiger charge is 2.32. The van der Waals surface area contributed by atoms with Gasteiger partial charge in [-0.3, -0.25) is 4.79 Å². The summed E-state index contributed by atoms with van der Waals surface area (Å²) in [5.41, 5.74) is -0.930. The zero-order valence-corrected chi connectivity index (χ0v) is 17.1. The fourth-order valence-electron chi connectivity index (χ4n) is 3.15. The van der Waals surface area contributed by atoms with Gasteiger partial charge in [-0.05, 0) is 67.2 Å². The normalized spacial score (nSPS) is 20.1. The zero-order valence-electron chi connectivity index (χ0n) is 17.1. The molecule has 0 radical (unpaired) electrons. The third kappa shape index (κ3) is 7.22. The molecule has 1 fully saturated rings. The summed E-state index contributed by atoms with van der Waals surface area (Å²) in [6.07, 6.45) is 3.82. The summed E-state index contributed by atoms with van der Waals surface area (Å²) in [5, 5.41) is 6.16. The Morgan fingerprint density at radius 1 is 1.20 bits per heavy atom. The molecule has 0 aromatic carbocycles. The predicted octanol–water partition coefficient (Wildman–Crippen LogP) is 2.92. The minimum atomic E-state index is -0.472. The molecule has 2 amide bonds. The summed E-state index contributed by atoms with van der Waals surface area (Å²) >= 11 is 0. The van der Waals surface area contributed by atoms with Gasteiger partial charge in [0.1, 0.15) is 5.60 Å². The first-order valence-electron chi connectivity index (χ1n) is 9.41. The molecule has 6 nitrogen and oxygen atoms in total. The number of amides is 2. The molecule has 25 heavy (non-hydrogen) atoms. The van der Waals surface area contributed by atoms with Crippen molar-refractivity contribution in [3.63, 3.8) is 0 Å². The summed E-state index contributed by atoms with van der Waals surface area (Å²) in [6, 6.07) is 0.409. The maximum atomic E-state index is 12.5. The molecular formula is C19H37N3O3. The number of nitrogens with zero attached hydrogens (tertiary/aromatic N) is 1. The van der Waals surface area contributed by atoms with Crippen molar-refractivity contribution < 1.29 is 14.3 Å². The number of carbonyl (C=O) groups is 2. The van der Waals surface area contributed by atoms with Gasteiger partial charge in [-0.2, -0.15) is 0 Å². The number of carbonyl (C=O) groups excluding carboxylic acids is 2. The summed E-state index contributed by atoms with van der Waals surface area (Å²) in [6.45, 7) is 13.0. The van der Waals surface area contributed by atoms with Crippen molar-refractivity contribution >= 4 is 12.0 Å². The van der Waals surface area contributed by atoms with Crippen molar-refractivity contribution in [2.24, 2.45) is 5.41 Å². The monoisotopic (exact) mass is 355 g/mol. The highest BCUT2D eigenvalue weighted by atomic mass is 16.6. The van der Waals surface area contributed by atoms with Gasteiger partial charge in [-0.15, -0.1) is 0 Å². The van der Waals surface area contributed by atoms with Crippen molar-refractivity contribution in [3.05, 3.63) is 0 Å². The average molecular weight is 356 g/mol. The van der Waals surface area contributed by atoms with Gasteiger partial charge >= 0.3 is 6.09 Å². The maximum Gasteiger partial charge on any atom is 0.410 e. The van der Waals surface area contributed by atoms with Crippen LogP contribution >= 0.6 is 0 Å². The fraction of sp³-hybridized carbons (Fsp3) is 0.895. The highest BCUT2D eigenvalue weighted by Crippen LogP contribution is 2.24. The SMILES string of the molecule is CNC(=O)C(C)(C)CNC(C)CC1CCCCN1C(=O)OC(C)(C)C.